The second kappa shape index (κ2) is 8.75. The Morgan fingerprint density at radius 3 is 2.90 bits per heavy atom. The first-order valence-electron chi connectivity index (χ1n) is 10.5. The standard InChI is InChI=1S/C23H28FN7/c1-16(11-17-7-5-4-6-10-29(2)14-17)31-15-27-20-13-26-23(28-22(20)31)30(3)21-9-8-18(24)12-19(21)25/h4-5,8-9,12-16H,6-7,10-11,25H2,1-3H3/b5-4-,17-14+. The van der Waals surface area contributed by atoms with Crippen LogP contribution >= 0.6 is 0 Å². The summed E-state index contributed by atoms with van der Waals surface area (Å²) in [5, 5.41) is 0. The average molecular weight is 422 g/mol. The molecule has 0 saturated carbocycles. The maximum absolute atomic E-state index is 13.4. The fraction of sp³-hybridized carbons (Fsp3) is 0.348. The van der Waals surface area contributed by atoms with Crippen molar-refractivity contribution in [3.05, 3.63) is 60.5 Å². The molecule has 4 rings (SSSR count). The summed E-state index contributed by atoms with van der Waals surface area (Å²) in [6.45, 7) is 3.20. The van der Waals surface area contributed by atoms with Crippen molar-refractivity contribution < 1.29 is 4.39 Å². The first-order valence-corrected chi connectivity index (χ1v) is 10.5. The monoisotopic (exact) mass is 421 g/mol. The summed E-state index contributed by atoms with van der Waals surface area (Å²) < 4.78 is 15.5. The minimum absolute atomic E-state index is 0.182. The summed E-state index contributed by atoms with van der Waals surface area (Å²) in [4.78, 5) is 17.7. The first kappa shape index (κ1) is 20.8. The van der Waals surface area contributed by atoms with Crippen LogP contribution in [0.25, 0.3) is 11.2 Å². The highest BCUT2D eigenvalue weighted by molar-refractivity contribution is 5.75. The fourth-order valence-corrected chi connectivity index (χ4v) is 3.91. The van der Waals surface area contributed by atoms with Crippen LogP contribution in [-0.2, 0) is 0 Å². The number of rotatable bonds is 5. The number of halogens is 1. The van der Waals surface area contributed by atoms with Gasteiger partial charge in [-0.2, -0.15) is 4.98 Å². The van der Waals surface area contributed by atoms with Crippen LogP contribution in [0.15, 0.2) is 54.6 Å². The van der Waals surface area contributed by atoms with E-state index in [-0.39, 0.29) is 11.9 Å². The van der Waals surface area contributed by atoms with Crippen molar-refractivity contribution in [2.24, 2.45) is 0 Å². The molecule has 1 aliphatic heterocycles. The van der Waals surface area contributed by atoms with Crippen molar-refractivity contribution in [2.45, 2.75) is 32.2 Å². The number of nitrogens with two attached hydrogens (primary N) is 1. The highest BCUT2D eigenvalue weighted by atomic mass is 19.1. The van der Waals surface area contributed by atoms with Crippen LogP contribution in [0.1, 0.15) is 32.2 Å². The van der Waals surface area contributed by atoms with Gasteiger partial charge in [0.2, 0.25) is 5.95 Å². The Morgan fingerprint density at radius 1 is 1.26 bits per heavy atom. The molecule has 0 aliphatic carbocycles. The van der Waals surface area contributed by atoms with Crippen molar-refractivity contribution in [2.75, 3.05) is 31.3 Å². The predicted octanol–water partition coefficient (Wildman–Crippen LogP) is 4.43. The largest absolute Gasteiger partial charge is 0.397 e. The van der Waals surface area contributed by atoms with Gasteiger partial charge in [-0.3, -0.25) is 0 Å². The number of imidazole rings is 1. The van der Waals surface area contributed by atoms with Crippen molar-refractivity contribution in [3.8, 4) is 0 Å². The molecular weight excluding hydrogens is 393 g/mol. The van der Waals surface area contributed by atoms with Crippen LogP contribution < -0.4 is 10.6 Å². The van der Waals surface area contributed by atoms with E-state index in [1.807, 2.05) is 13.4 Å². The molecule has 1 unspecified atom stereocenters. The van der Waals surface area contributed by atoms with Gasteiger partial charge in [0.15, 0.2) is 5.65 Å². The van der Waals surface area contributed by atoms with Crippen LogP contribution in [-0.4, -0.2) is 45.1 Å². The van der Waals surface area contributed by atoms with Crippen molar-refractivity contribution >= 4 is 28.5 Å². The zero-order valence-electron chi connectivity index (χ0n) is 18.2. The van der Waals surface area contributed by atoms with Gasteiger partial charge in [0, 0.05) is 26.7 Å². The highest BCUT2D eigenvalue weighted by Gasteiger charge is 2.17. The number of hydrogen-bond acceptors (Lipinski definition) is 6. The highest BCUT2D eigenvalue weighted by Crippen LogP contribution is 2.29. The lowest BCUT2D eigenvalue weighted by molar-refractivity contribution is 0.449. The molecule has 31 heavy (non-hydrogen) atoms. The molecule has 8 heteroatoms. The van der Waals surface area contributed by atoms with Crippen molar-refractivity contribution in [1.29, 1.82) is 0 Å². The maximum atomic E-state index is 13.4. The lowest BCUT2D eigenvalue weighted by atomic mass is 10.0. The Morgan fingerprint density at radius 2 is 2.10 bits per heavy atom. The van der Waals surface area contributed by atoms with Gasteiger partial charge in [-0.05, 0) is 56.2 Å². The number of nitrogens with zero attached hydrogens (tertiary/aromatic N) is 6. The molecular formula is C23H28FN7. The molecule has 2 aromatic heterocycles. The average Bonchev–Trinajstić information content (AvgIpc) is 3.14. The summed E-state index contributed by atoms with van der Waals surface area (Å²) in [6.07, 6.45) is 13.2. The van der Waals surface area contributed by atoms with Gasteiger partial charge >= 0.3 is 0 Å². The predicted molar refractivity (Wildman–Crippen MR) is 123 cm³/mol. The number of aromatic nitrogens is 4. The summed E-state index contributed by atoms with van der Waals surface area (Å²) in [5.41, 5.74) is 9.85. The Bertz CT molecular complexity index is 1130. The summed E-state index contributed by atoms with van der Waals surface area (Å²) in [7, 11) is 3.93. The molecule has 1 aliphatic rings. The Kier molecular flexibility index (Phi) is 5.88. The van der Waals surface area contributed by atoms with E-state index in [1.165, 1.54) is 17.7 Å². The third kappa shape index (κ3) is 4.52. The molecule has 162 valence electrons. The second-order valence-corrected chi connectivity index (χ2v) is 8.08. The molecule has 0 spiro atoms. The van der Waals surface area contributed by atoms with E-state index in [2.05, 4.69) is 51.8 Å². The lowest BCUT2D eigenvalue weighted by Gasteiger charge is -2.21. The number of anilines is 3. The molecule has 2 N–H and O–H groups in total. The van der Waals surface area contributed by atoms with Gasteiger partial charge in [0.05, 0.1) is 23.9 Å². The van der Waals surface area contributed by atoms with E-state index in [0.717, 1.165) is 37.0 Å². The molecule has 3 aromatic rings. The molecule has 0 bridgehead atoms. The van der Waals surface area contributed by atoms with Gasteiger partial charge in [-0.25, -0.2) is 14.4 Å². The van der Waals surface area contributed by atoms with Crippen molar-refractivity contribution in [3.63, 3.8) is 0 Å². The molecule has 0 radical (unpaired) electrons. The quantitative estimate of drug-likeness (QED) is 0.485. The zero-order valence-corrected chi connectivity index (χ0v) is 18.2. The summed E-state index contributed by atoms with van der Waals surface area (Å²) in [5.74, 6) is 0.106. The van der Waals surface area contributed by atoms with Crippen LogP contribution in [0.4, 0.5) is 21.7 Å². The summed E-state index contributed by atoms with van der Waals surface area (Å²) >= 11 is 0. The molecule has 3 heterocycles. The zero-order chi connectivity index (χ0) is 22.0. The number of hydrogen-bond donors (Lipinski definition) is 1. The minimum Gasteiger partial charge on any atom is -0.397 e. The molecule has 1 aromatic carbocycles. The van der Waals surface area contributed by atoms with E-state index in [0.29, 0.717) is 17.3 Å². The number of nitrogen functional groups attached to an aromatic ring is 1. The Hall–Kier alpha value is -3.42. The SMILES string of the molecule is CC(C/C1=C/N(C)CC/C=C\C1)n1cnc2cnc(N(C)c3ccc(F)cc3N)nc21. The van der Waals surface area contributed by atoms with E-state index >= 15 is 0 Å². The number of benzene rings is 1. The van der Waals surface area contributed by atoms with Crippen LogP contribution in [0.2, 0.25) is 0 Å². The van der Waals surface area contributed by atoms with Crippen molar-refractivity contribution in [1.82, 2.24) is 24.4 Å². The van der Waals surface area contributed by atoms with Crippen LogP contribution in [0, 0.1) is 5.82 Å². The van der Waals surface area contributed by atoms with Gasteiger partial charge in [-0.15, -0.1) is 0 Å². The number of allylic oxidation sites excluding steroid dienone is 2. The minimum atomic E-state index is -0.373. The van der Waals surface area contributed by atoms with Gasteiger partial charge < -0.3 is 20.1 Å². The second-order valence-electron chi connectivity index (χ2n) is 8.08. The molecule has 0 fully saturated rings. The van der Waals surface area contributed by atoms with E-state index in [9.17, 15) is 4.39 Å². The normalized spacial score (nSPS) is 18.2. The van der Waals surface area contributed by atoms with E-state index in [1.54, 1.807) is 17.2 Å². The smallest absolute Gasteiger partial charge is 0.231 e. The van der Waals surface area contributed by atoms with E-state index in [4.69, 9.17) is 10.7 Å². The molecule has 0 saturated heterocycles. The van der Waals surface area contributed by atoms with Gasteiger partial charge in [0.25, 0.3) is 0 Å². The van der Waals surface area contributed by atoms with Gasteiger partial charge in [-0.1, -0.05) is 12.2 Å². The third-order valence-corrected chi connectivity index (χ3v) is 5.58. The molecule has 7 nitrogen and oxygen atoms in total. The first-order chi connectivity index (χ1) is 14.9. The lowest BCUT2D eigenvalue weighted by Crippen LogP contribution is -2.16. The number of fused-ring (bicyclic) bond motifs is 1. The van der Waals surface area contributed by atoms with Crippen LogP contribution in [0.5, 0.6) is 0 Å². The van der Waals surface area contributed by atoms with Gasteiger partial charge in [0.1, 0.15) is 11.3 Å². The van der Waals surface area contributed by atoms with E-state index < -0.39 is 0 Å². The molecule has 0 amide bonds. The summed E-state index contributed by atoms with van der Waals surface area (Å²) in [6, 6.07) is 4.48. The van der Waals surface area contributed by atoms with Crippen LogP contribution in [0.3, 0.4) is 0 Å². The maximum Gasteiger partial charge on any atom is 0.231 e. The fourth-order valence-electron chi connectivity index (χ4n) is 3.91. The topological polar surface area (TPSA) is 76.1 Å². The Balaban J connectivity index is 1.62. The third-order valence-electron chi connectivity index (χ3n) is 5.58. The Labute approximate surface area is 181 Å². The molecule has 1 atom stereocenters.